The van der Waals surface area contributed by atoms with Crippen molar-refractivity contribution in [2.24, 2.45) is 0 Å². The molecule has 1 aliphatic heterocycles. The van der Waals surface area contributed by atoms with Crippen LogP contribution in [0.4, 0.5) is 0 Å². The molecule has 0 N–H and O–H groups in total. The van der Waals surface area contributed by atoms with Gasteiger partial charge in [-0.15, -0.1) is 0 Å². The van der Waals surface area contributed by atoms with Crippen molar-refractivity contribution in [3.8, 4) is 0 Å². The summed E-state index contributed by atoms with van der Waals surface area (Å²) in [6, 6.07) is 0. The number of morpholine rings is 1. The average molecular weight is 243 g/mol. The third kappa shape index (κ3) is 3.37. The van der Waals surface area contributed by atoms with Crippen LogP contribution in [-0.2, 0) is 4.74 Å². The smallest absolute Gasteiger partial charge is 0.102 e. The summed E-state index contributed by atoms with van der Waals surface area (Å²) < 4.78 is 6.31. The van der Waals surface area contributed by atoms with E-state index in [4.69, 9.17) is 4.74 Å². The summed E-state index contributed by atoms with van der Waals surface area (Å²) >= 11 is 0. The van der Waals surface area contributed by atoms with Gasteiger partial charge in [-0.1, -0.05) is 0 Å². The fraction of sp³-hybridized carbons (Fsp3) is 1.00. The van der Waals surface area contributed by atoms with Gasteiger partial charge in [0.2, 0.25) is 0 Å². The molecule has 1 saturated heterocycles. The molecule has 0 spiro atoms. The fourth-order valence-corrected chi connectivity index (χ4v) is 0.837. The molecule has 1 heterocycles. The van der Waals surface area contributed by atoms with Gasteiger partial charge in [0, 0.05) is 0 Å². The Balaban J connectivity index is 0.000000640. The van der Waals surface area contributed by atoms with Crippen LogP contribution in [0.25, 0.3) is 0 Å². The molecule has 0 amide bonds. The second-order valence-electron chi connectivity index (χ2n) is 3.00. The standard InChI is InChI=1S/C6H14NO.HI/c1-7(2)3-5-8-6-4-7;/h3-6H2,1-2H3;1H/q+1;/p-1. The predicted octanol–water partition coefficient (Wildman–Crippen LogP) is -2.90. The molecule has 0 radical (unpaired) electrons. The Hall–Kier alpha value is 0.650. The van der Waals surface area contributed by atoms with Crippen LogP contribution in [0.5, 0.6) is 0 Å². The lowest BCUT2D eigenvalue weighted by Gasteiger charge is -2.33. The van der Waals surface area contributed by atoms with Gasteiger partial charge in [-0.25, -0.2) is 0 Å². The van der Waals surface area contributed by atoms with Crippen molar-refractivity contribution >= 4 is 0 Å². The topological polar surface area (TPSA) is 9.23 Å². The van der Waals surface area contributed by atoms with Gasteiger partial charge in [-0.3, -0.25) is 0 Å². The molecule has 0 aromatic rings. The van der Waals surface area contributed by atoms with E-state index in [0.717, 1.165) is 17.7 Å². The molecule has 0 aromatic carbocycles. The lowest BCUT2D eigenvalue weighted by atomic mass is 10.4. The van der Waals surface area contributed by atoms with Crippen LogP contribution in [0.3, 0.4) is 0 Å². The molecular weight excluding hydrogens is 229 g/mol. The van der Waals surface area contributed by atoms with Crippen LogP contribution < -0.4 is 24.0 Å². The Morgan fingerprint density at radius 3 is 1.78 bits per heavy atom. The minimum absolute atomic E-state index is 0. The Morgan fingerprint density at radius 1 is 1.11 bits per heavy atom. The number of hydrogen-bond acceptors (Lipinski definition) is 1. The van der Waals surface area contributed by atoms with Gasteiger partial charge in [-0.05, 0) is 0 Å². The quantitative estimate of drug-likeness (QED) is 0.327. The van der Waals surface area contributed by atoms with Gasteiger partial charge in [0.25, 0.3) is 0 Å². The molecule has 0 bridgehead atoms. The molecule has 0 unspecified atom stereocenters. The summed E-state index contributed by atoms with van der Waals surface area (Å²) in [6.45, 7) is 4.21. The molecule has 1 fully saturated rings. The monoisotopic (exact) mass is 243 g/mol. The maximum atomic E-state index is 5.19. The van der Waals surface area contributed by atoms with Gasteiger partial charge in [0.05, 0.1) is 27.3 Å². The zero-order valence-corrected chi connectivity index (χ0v) is 8.22. The highest BCUT2D eigenvalue weighted by molar-refractivity contribution is 4.40. The number of halogens is 1. The fourth-order valence-electron chi connectivity index (χ4n) is 0.837. The van der Waals surface area contributed by atoms with E-state index in [9.17, 15) is 0 Å². The van der Waals surface area contributed by atoms with Crippen molar-refractivity contribution in [1.82, 2.24) is 0 Å². The van der Waals surface area contributed by atoms with Crippen molar-refractivity contribution in [2.45, 2.75) is 0 Å². The first kappa shape index (κ1) is 9.65. The molecule has 2 nitrogen and oxygen atoms in total. The van der Waals surface area contributed by atoms with Gasteiger partial charge in [-0.2, -0.15) is 0 Å². The van der Waals surface area contributed by atoms with Crippen LogP contribution >= 0.6 is 0 Å². The Morgan fingerprint density at radius 2 is 1.56 bits per heavy atom. The normalized spacial score (nSPS) is 24.7. The molecule has 0 aliphatic carbocycles. The molecule has 9 heavy (non-hydrogen) atoms. The number of hydrogen-bond donors (Lipinski definition) is 0. The van der Waals surface area contributed by atoms with Crippen molar-refractivity contribution < 1.29 is 33.2 Å². The first-order chi connectivity index (χ1) is 3.71. The predicted molar refractivity (Wildman–Crippen MR) is 32.7 cm³/mol. The first-order valence-electron chi connectivity index (χ1n) is 3.10. The SMILES string of the molecule is C[N+]1(C)CCOCC1.[I-]. The van der Waals surface area contributed by atoms with E-state index in [1.807, 2.05) is 0 Å². The highest BCUT2D eigenvalue weighted by atomic mass is 127. The molecule has 1 aliphatic rings. The maximum Gasteiger partial charge on any atom is 0.102 e. The molecule has 0 saturated carbocycles. The van der Waals surface area contributed by atoms with E-state index < -0.39 is 0 Å². The van der Waals surface area contributed by atoms with E-state index in [2.05, 4.69) is 14.1 Å². The second-order valence-corrected chi connectivity index (χ2v) is 3.00. The first-order valence-corrected chi connectivity index (χ1v) is 3.10. The summed E-state index contributed by atoms with van der Waals surface area (Å²) in [5.74, 6) is 0. The number of quaternary nitrogens is 1. The second kappa shape index (κ2) is 3.73. The highest BCUT2D eigenvalue weighted by Crippen LogP contribution is 2.00. The van der Waals surface area contributed by atoms with Crippen molar-refractivity contribution in [1.29, 1.82) is 0 Å². The lowest BCUT2D eigenvalue weighted by molar-refractivity contribution is -0.898. The Kier molecular flexibility index (Phi) is 4.00. The Bertz CT molecular complexity index is 77.1. The molecule has 56 valence electrons. The molecule has 3 heteroatoms. The summed E-state index contributed by atoms with van der Waals surface area (Å²) in [5, 5.41) is 0. The third-order valence-corrected chi connectivity index (χ3v) is 1.68. The van der Waals surface area contributed by atoms with Gasteiger partial charge in [0.1, 0.15) is 13.1 Å². The minimum Gasteiger partial charge on any atom is -1.00 e. The summed E-state index contributed by atoms with van der Waals surface area (Å²) in [6.07, 6.45) is 0. The third-order valence-electron chi connectivity index (χ3n) is 1.68. The van der Waals surface area contributed by atoms with Crippen molar-refractivity contribution in [2.75, 3.05) is 40.4 Å². The van der Waals surface area contributed by atoms with Crippen LogP contribution in [0.2, 0.25) is 0 Å². The van der Waals surface area contributed by atoms with Gasteiger partial charge in [0.15, 0.2) is 0 Å². The van der Waals surface area contributed by atoms with E-state index in [-0.39, 0.29) is 24.0 Å². The molecule has 0 aromatic heterocycles. The summed E-state index contributed by atoms with van der Waals surface area (Å²) in [4.78, 5) is 0. The number of likely N-dealkylation sites (N-methyl/N-ethyl adjacent to an activating group) is 1. The van der Waals surface area contributed by atoms with Crippen molar-refractivity contribution in [3.63, 3.8) is 0 Å². The lowest BCUT2D eigenvalue weighted by Crippen LogP contribution is -3.00. The number of ether oxygens (including phenoxy) is 1. The summed E-state index contributed by atoms with van der Waals surface area (Å²) in [7, 11) is 4.48. The van der Waals surface area contributed by atoms with E-state index >= 15 is 0 Å². The zero-order valence-electron chi connectivity index (χ0n) is 6.06. The zero-order chi connectivity index (χ0) is 6.04. The molecule has 1 rings (SSSR count). The highest BCUT2D eigenvalue weighted by Gasteiger charge is 2.18. The maximum absolute atomic E-state index is 5.19. The van der Waals surface area contributed by atoms with Crippen LogP contribution in [0.15, 0.2) is 0 Å². The van der Waals surface area contributed by atoms with Gasteiger partial charge < -0.3 is 33.2 Å². The molecular formula is C6H14INO. The van der Waals surface area contributed by atoms with Crippen LogP contribution in [0, 0.1) is 0 Å². The largest absolute Gasteiger partial charge is 1.00 e. The Labute approximate surface area is 73.8 Å². The molecule has 0 atom stereocenters. The summed E-state index contributed by atoms with van der Waals surface area (Å²) in [5.41, 5.74) is 0. The van der Waals surface area contributed by atoms with Crippen LogP contribution in [-0.4, -0.2) is 44.9 Å². The van der Waals surface area contributed by atoms with E-state index in [1.54, 1.807) is 0 Å². The van der Waals surface area contributed by atoms with Crippen LogP contribution in [0.1, 0.15) is 0 Å². The van der Waals surface area contributed by atoms with Crippen molar-refractivity contribution in [3.05, 3.63) is 0 Å². The van der Waals surface area contributed by atoms with Gasteiger partial charge >= 0.3 is 0 Å². The van der Waals surface area contributed by atoms with E-state index in [1.165, 1.54) is 13.1 Å². The average Bonchev–Trinajstić information content (AvgIpc) is 1.65. The van der Waals surface area contributed by atoms with E-state index in [0.29, 0.717) is 0 Å². The number of nitrogens with zero attached hydrogens (tertiary/aromatic N) is 1. The number of rotatable bonds is 0. The minimum atomic E-state index is 0.